The van der Waals surface area contributed by atoms with Gasteiger partial charge in [-0.2, -0.15) is 0 Å². The number of aliphatic imine (C=N–C) groups is 1. The molecule has 28 heavy (non-hydrogen) atoms. The van der Waals surface area contributed by atoms with E-state index in [4.69, 9.17) is 9.73 Å². The van der Waals surface area contributed by atoms with Crippen molar-refractivity contribution in [2.75, 3.05) is 13.2 Å². The third-order valence-corrected chi connectivity index (χ3v) is 6.16. The van der Waals surface area contributed by atoms with Crippen molar-refractivity contribution in [1.29, 1.82) is 0 Å². The highest BCUT2D eigenvalue weighted by Gasteiger charge is 2.53. The van der Waals surface area contributed by atoms with Crippen LogP contribution in [-0.4, -0.2) is 46.0 Å². The lowest BCUT2D eigenvalue weighted by atomic mass is 9.58. The van der Waals surface area contributed by atoms with Crippen molar-refractivity contribution < 1.29 is 4.74 Å². The Kier molecular flexibility index (Phi) is 10.7. The molecule has 1 heterocycles. The molecule has 2 unspecified atom stereocenters. The van der Waals surface area contributed by atoms with Crippen LogP contribution in [0.15, 0.2) is 4.99 Å². The third kappa shape index (κ3) is 5.58. The molecule has 1 aliphatic carbocycles. The maximum atomic E-state index is 6.01. The van der Waals surface area contributed by atoms with Crippen LogP contribution in [0.25, 0.3) is 0 Å². The van der Waals surface area contributed by atoms with Gasteiger partial charge < -0.3 is 19.9 Å². The van der Waals surface area contributed by atoms with E-state index in [1.165, 1.54) is 0 Å². The first-order valence-electron chi connectivity index (χ1n) is 10.5. The van der Waals surface area contributed by atoms with E-state index in [0.717, 1.165) is 62.9 Å². The molecule has 0 amide bonds. The molecule has 7 nitrogen and oxygen atoms in total. The Morgan fingerprint density at radius 2 is 1.96 bits per heavy atom. The van der Waals surface area contributed by atoms with Gasteiger partial charge in [-0.3, -0.25) is 0 Å². The topological polar surface area (TPSA) is 76.4 Å². The second-order valence-electron chi connectivity index (χ2n) is 7.48. The minimum Gasteiger partial charge on any atom is -0.378 e. The van der Waals surface area contributed by atoms with Crippen LogP contribution in [0.3, 0.4) is 0 Å². The first-order valence-corrected chi connectivity index (χ1v) is 10.5. The van der Waals surface area contributed by atoms with Gasteiger partial charge in [0.15, 0.2) is 11.8 Å². The molecule has 1 aromatic rings. The molecule has 1 aromatic heterocycles. The fraction of sp³-hybridized carbons (Fsp3) is 0.850. The van der Waals surface area contributed by atoms with Crippen LogP contribution < -0.4 is 10.6 Å². The van der Waals surface area contributed by atoms with Gasteiger partial charge in [0.2, 0.25) is 0 Å². The van der Waals surface area contributed by atoms with Crippen LogP contribution in [0, 0.1) is 12.3 Å². The maximum absolute atomic E-state index is 6.01. The van der Waals surface area contributed by atoms with Crippen LogP contribution in [-0.2, 0) is 18.3 Å². The predicted octanol–water partition coefficient (Wildman–Crippen LogP) is 3.56. The van der Waals surface area contributed by atoms with Crippen LogP contribution in [0.1, 0.15) is 71.4 Å². The summed E-state index contributed by atoms with van der Waals surface area (Å²) in [6, 6.07) is 0.387. The Hall–Kier alpha value is -0.900. The molecule has 0 spiro atoms. The maximum Gasteiger partial charge on any atom is 0.191 e. The van der Waals surface area contributed by atoms with Crippen LogP contribution in [0.5, 0.6) is 0 Å². The van der Waals surface area contributed by atoms with Gasteiger partial charge in [0.05, 0.1) is 6.10 Å². The summed E-state index contributed by atoms with van der Waals surface area (Å²) in [5.41, 5.74) is 0.185. The lowest BCUT2D eigenvalue weighted by Gasteiger charge is -2.55. The van der Waals surface area contributed by atoms with Crippen molar-refractivity contribution in [1.82, 2.24) is 25.4 Å². The SMILES string of the molecule is CCCCNC(=NCc1nnc(C)n1C)NC1CC(OCC)C1(CC)CC.I. The fourth-order valence-electron chi connectivity index (χ4n) is 4.02. The molecule has 2 rings (SSSR count). The predicted molar refractivity (Wildman–Crippen MR) is 125 cm³/mol. The average molecular weight is 506 g/mol. The van der Waals surface area contributed by atoms with E-state index in [-0.39, 0.29) is 29.4 Å². The summed E-state index contributed by atoms with van der Waals surface area (Å²) in [5.74, 6) is 2.65. The van der Waals surface area contributed by atoms with Gasteiger partial charge in [0.1, 0.15) is 12.4 Å². The summed E-state index contributed by atoms with van der Waals surface area (Å²) in [6.07, 6.45) is 5.88. The van der Waals surface area contributed by atoms with Crippen molar-refractivity contribution in [3.63, 3.8) is 0 Å². The Bertz CT molecular complexity index is 614. The monoisotopic (exact) mass is 506 g/mol. The minimum absolute atomic E-state index is 0. The molecule has 2 atom stereocenters. The van der Waals surface area contributed by atoms with Gasteiger partial charge in [-0.15, -0.1) is 34.2 Å². The summed E-state index contributed by atoms with van der Waals surface area (Å²) in [6.45, 7) is 13.0. The minimum atomic E-state index is 0. The number of hydrogen-bond donors (Lipinski definition) is 2. The van der Waals surface area contributed by atoms with Crippen molar-refractivity contribution >= 4 is 29.9 Å². The first-order chi connectivity index (χ1) is 13.0. The Labute approximate surface area is 187 Å². The number of aryl methyl sites for hydroxylation is 1. The second kappa shape index (κ2) is 11.9. The highest BCUT2D eigenvalue weighted by molar-refractivity contribution is 14.0. The van der Waals surface area contributed by atoms with Gasteiger partial charge in [-0.1, -0.05) is 27.2 Å². The summed E-state index contributed by atoms with van der Waals surface area (Å²) in [5, 5.41) is 15.5. The van der Waals surface area contributed by atoms with E-state index >= 15 is 0 Å². The first kappa shape index (κ1) is 25.1. The summed E-state index contributed by atoms with van der Waals surface area (Å²) < 4.78 is 8.00. The molecule has 1 aliphatic rings. The molecule has 162 valence electrons. The van der Waals surface area contributed by atoms with E-state index in [2.05, 4.69) is 48.5 Å². The zero-order valence-corrected chi connectivity index (χ0v) is 20.7. The van der Waals surface area contributed by atoms with Gasteiger partial charge >= 0.3 is 0 Å². The van der Waals surface area contributed by atoms with E-state index in [0.29, 0.717) is 18.7 Å². The molecule has 0 saturated heterocycles. The number of ether oxygens (including phenoxy) is 1. The Morgan fingerprint density at radius 1 is 1.25 bits per heavy atom. The molecule has 8 heteroatoms. The molecule has 0 aliphatic heterocycles. The number of nitrogens with zero attached hydrogens (tertiary/aromatic N) is 4. The number of guanidine groups is 1. The molecule has 0 aromatic carbocycles. The van der Waals surface area contributed by atoms with E-state index in [1.807, 2.05) is 18.5 Å². The number of unbranched alkanes of at least 4 members (excludes halogenated alkanes) is 1. The summed E-state index contributed by atoms with van der Waals surface area (Å²) in [7, 11) is 1.98. The molecular formula is C20H39IN6O. The quantitative estimate of drug-likeness (QED) is 0.220. The molecule has 0 radical (unpaired) electrons. The molecule has 1 fully saturated rings. The second-order valence-corrected chi connectivity index (χ2v) is 7.48. The normalized spacial score (nSPS) is 21.0. The lowest BCUT2D eigenvalue weighted by molar-refractivity contribution is -0.133. The number of halogens is 1. The molecule has 0 bridgehead atoms. The van der Waals surface area contributed by atoms with Crippen molar-refractivity contribution in [3.05, 3.63) is 11.6 Å². The van der Waals surface area contributed by atoms with Gasteiger partial charge in [-0.25, -0.2) is 4.99 Å². The largest absolute Gasteiger partial charge is 0.378 e. The van der Waals surface area contributed by atoms with Crippen molar-refractivity contribution in [3.8, 4) is 0 Å². The average Bonchev–Trinajstić information content (AvgIpc) is 2.98. The molecular weight excluding hydrogens is 467 g/mol. The third-order valence-electron chi connectivity index (χ3n) is 6.16. The number of nitrogens with one attached hydrogen (secondary N) is 2. The molecule has 2 N–H and O–H groups in total. The van der Waals surface area contributed by atoms with Crippen molar-refractivity contribution in [2.24, 2.45) is 17.5 Å². The number of aromatic nitrogens is 3. The van der Waals surface area contributed by atoms with Crippen LogP contribution >= 0.6 is 24.0 Å². The smallest absolute Gasteiger partial charge is 0.191 e. The van der Waals surface area contributed by atoms with Gasteiger partial charge in [-0.05, 0) is 39.5 Å². The van der Waals surface area contributed by atoms with Crippen molar-refractivity contribution in [2.45, 2.75) is 85.4 Å². The van der Waals surface area contributed by atoms with Gasteiger partial charge in [0, 0.05) is 31.7 Å². The standard InChI is InChI=1S/C20H38N6O.HI/c1-7-11-12-21-19(22-14-18-25-24-15(5)26(18)6)23-16-13-17(27-10-4)20(16,8-2)9-3;/h16-17H,7-14H2,1-6H3,(H2,21,22,23);1H. The summed E-state index contributed by atoms with van der Waals surface area (Å²) in [4.78, 5) is 4.80. The van der Waals surface area contributed by atoms with E-state index in [9.17, 15) is 0 Å². The van der Waals surface area contributed by atoms with Crippen LogP contribution in [0.4, 0.5) is 0 Å². The zero-order valence-electron chi connectivity index (χ0n) is 18.4. The van der Waals surface area contributed by atoms with E-state index in [1.54, 1.807) is 0 Å². The molecule has 1 saturated carbocycles. The summed E-state index contributed by atoms with van der Waals surface area (Å²) >= 11 is 0. The Balaban J connectivity index is 0.00000392. The number of rotatable bonds is 10. The zero-order chi connectivity index (χ0) is 19.9. The van der Waals surface area contributed by atoms with Crippen LogP contribution in [0.2, 0.25) is 0 Å². The fourth-order valence-corrected chi connectivity index (χ4v) is 4.02. The number of hydrogen-bond acceptors (Lipinski definition) is 4. The Morgan fingerprint density at radius 3 is 2.50 bits per heavy atom. The highest BCUT2D eigenvalue weighted by Crippen LogP contribution is 2.48. The lowest BCUT2D eigenvalue weighted by Crippen LogP contribution is -2.65. The highest BCUT2D eigenvalue weighted by atomic mass is 127. The van der Waals surface area contributed by atoms with Gasteiger partial charge in [0.25, 0.3) is 0 Å². The van der Waals surface area contributed by atoms with E-state index < -0.39 is 0 Å².